The van der Waals surface area contributed by atoms with Crippen LogP contribution in [0.2, 0.25) is 0 Å². The number of hydrogen-bond acceptors (Lipinski definition) is 4. The maximum absolute atomic E-state index is 12.5. The molecule has 0 radical (unpaired) electrons. The number of nitrogens with zero attached hydrogens (tertiary/aromatic N) is 2. The molecular weight excluding hydrogens is 244 g/mol. The van der Waals surface area contributed by atoms with Gasteiger partial charge < -0.3 is 4.74 Å². The van der Waals surface area contributed by atoms with Crippen LogP contribution in [0.4, 0.5) is 0 Å². The molecule has 19 heavy (non-hydrogen) atoms. The molecule has 0 bridgehead atoms. The first kappa shape index (κ1) is 11.6. The molecule has 3 rings (SSSR count). The normalized spacial score (nSPS) is 13.2. The second-order valence-electron chi connectivity index (χ2n) is 4.58. The predicted molar refractivity (Wildman–Crippen MR) is 67.8 cm³/mol. The van der Waals surface area contributed by atoms with Gasteiger partial charge in [0.2, 0.25) is 11.6 Å². The van der Waals surface area contributed by atoms with Gasteiger partial charge in [0, 0.05) is 12.6 Å². The van der Waals surface area contributed by atoms with Crippen LogP contribution in [0.5, 0.6) is 5.75 Å². The van der Waals surface area contributed by atoms with E-state index in [-0.39, 0.29) is 11.6 Å². The Morgan fingerprint density at radius 3 is 2.58 bits per heavy atom. The molecule has 0 unspecified atom stereocenters. The first-order valence-corrected chi connectivity index (χ1v) is 5.84. The highest BCUT2D eigenvalue weighted by atomic mass is 16.5. The Kier molecular flexibility index (Phi) is 2.32. The van der Waals surface area contributed by atoms with Gasteiger partial charge in [-0.15, -0.1) is 0 Å². The molecule has 0 amide bonds. The fourth-order valence-electron chi connectivity index (χ4n) is 2.46. The van der Waals surface area contributed by atoms with Crippen molar-refractivity contribution < 1.29 is 14.3 Å². The van der Waals surface area contributed by atoms with Crippen molar-refractivity contribution in [3.8, 4) is 5.75 Å². The summed E-state index contributed by atoms with van der Waals surface area (Å²) >= 11 is 0. The molecule has 0 saturated carbocycles. The van der Waals surface area contributed by atoms with Crippen LogP contribution in [0.25, 0.3) is 0 Å². The number of rotatable bonds is 1. The number of carbonyl (C=O) groups is 2. The van der Waals surface area contributed by atoms with Crippen molar-refractivity contribution in [1.82, 2.24) is 9.78 Å². The number of hydrogen-bond donors (Lipinski definition) is 0. The minimum atomic E-state index is -0.213. The summed E-state index contributed by atoms with van der Waals surface area (Å²) < 4.78 is 6.67. The van der Waals surface area contributed by atoms with Crippen LogP contribution in [-0.4, -0.2) is 28.5 Å². The van der Waals surface area contributed by atoms with E-state index >= 15 is 0 Å². The molecule has 1 aliphatic carbocycles. The van der Waals surface area contributed by atoms with E-state index in [0.717, 1.165) is 5.56 Å². The highest BCUT2D eigenvalue weighted by molar-refractivity contribution is 6.28. The van der Waals surface area contributed by atoms with E-state index in [1.807, 2.05) is 6.92 Å². The van der Waals surface area contributed by atoms with Crippen LogP contribution in [0.1, 0.15) is 37.5 Å². The van der Waals surface area contributed by atoms with Crippen molar-refractivity contribution in [1.29, 1.82) is 0 Å². The maximum Gasteiger partial charge on any atom is 0.212 e. The van der Waals surface area contributed by atoms with Gasteiger partial charge in [0.05, 0.1) is 24.4 Å². The van der Waals surface area contributed by atoms with Crippen molar-refractivity contribution in [3.05, 3.63) is 46.3 Å². The third-order valence-corrected chi connectivity index (χ3v) is 3.34. The van der Waals surface area contributed by atoms with Crippen molar-refractivity contribution in [2.45, 2.75) is 6.92 Å². The first-order valence-electron chi connectivity index (χ1n) is 5.84. The molecule has 1 aromatic carbocycles. The summed E-state index contributed by atoms with van der Waals surface area (Å²) in [6.45, 7) is 1.86. The van der Waals surface area contributed by atoms with Gasteiger partial charge >= 0.3 is 0 Å². The first-order chi connectivity index (χ1) is 9.04. The summed E-state index contributed by atoms with van der Waals surface area (Å²) in [6.07, 6.45) is 1.43. The van der Waals surface area contributed by atoms with Crippen molar-refractivity contribution in [2.75, 3.05) is 7.11 Å². The lowest BCUT2D eigenvalue weighted by Crippen LogP contribution is -2.23. The van der Waals surface area contributed by atoms with Crippen LogP contribution in [-0.2, 0) is 7.05 Å². The molecule has 0 atom stereocenters. The fourth-order valence-corrected chi connectivity index (χ4v) is 2.46. The van der Waals surface area contributed by atoms with Crippen LogP contribution in [0.15, 0.2) is 18.3 Å². The smallest absolute Gasteiger partial charge is 0.212 e. The van der Waals surface area contributed by atoms with Gasteiger partial charge in [0.25, 0.3) is 0 Å². The molecule has 5 nitrogen and oxygen atoms in total. The molecular formula is C14H12N2O3. The number of aryl methyl sites for hydroxylation is 2. The number of fused-ring (bicyclic) bond motifs is 2. The van der Waals surface area contributed by atoms with E-state index in [0.29, 0.717) is 28.1 Å². The summed E-state index contributed by atoms with van der Waals surface area (Å²) in [6, 6.07) is 3.47. The predicted octanol–water partition coefficient (Wildman–Crippen LogP) is 1.51. The Labute approximate surface area is 109 Å². The number of methoxy groups -OCH3 is 1. The molecule has 0 spiro atoms. The SMILES string of the molecule is COc1cc(C)cc2c1C(=O)c1cnn(C)c1C2=O. The quantitative estimate of drug-likeness (QED) is 0.662. The minimum Gasteiger partial charge on any atom is -0.496 e. The third-order valence-electron chi connectivity index (χ3n) is 3.34. The average molecular weight is 256 g/mol. The molecule has 1 aromatic heterocycles. The molecule has 1 heterocycles. The van der Waals surface area contributed by atoms with Crippen LogP contribution in [0.3, 0.4) is 0 Å². The Hall–Kier alpha value is -2.43. The molecule has 0 aliphatic heterocycles. The average Bonchev–Trinajstić information content (AvgIpc) is 2.77. The summed E-state index contributed by atoms with van der Waals surface area (Å²) in [5.41, 5.74) is 2.27. The van der Waals surface area contributed by atoms with Gasteiger partial charge in [-0.3, -0.25) is 14.3 Å². The topological polar surface area (TPSA) is 61.2 Å². The Morgan fingerprint density at radius 2 is 1.89 bits per heavy atom. The molecule has 2 aromatic rings. The van der Waals surface area contributed by atoms with E-state index in [1.54, 1.807) is 19.2 Å². The molecule has 1 aliphatic rings. The Morgan fingerprint density at radius 1 is 1.16 bits per heavy atom. The molecule has 0 fully saturated rings. The van der Waals surface area contributed by atoms with Gasteiger partial charge in [-0.25, -0.2) is 0 Å². The second kappa shape index (κ2) is 3.78. The van der Waals surface area contributed by atoms with E-state index in [4.69, 9.17) is 4.74 Å². The second-order valence-corrected chi connectivity index (χ2v) is 4.58. The number of carbonyl (C=O) groups excluding carboxylic acids is 2. The zero-order valence-corrected chi connectivity index (χ0v) is 10.9. The number of aromatic nitrogens is 2. The van der Waals surface area contributed by atoms with E-state index in [1.165, 1.54) is 18.0 Å². The van der Waals surface area contributed by atoms with Crippen LogP contribution in [0, 0.1) is 6.92 Å². The van der Waals surface area contributed by atoms with Crippen LogP contribution >= 0.6 is 0 Å². The van der Waals surface area contributed by atoms with Gasteiger partial charge in [0.1, 0.15) is 11.4 Å². The molecule has 0 saturated heterocycles. The van der Waals surface area contributed by atoms with Crippen molar-refractivity contribution >= 4 is 11.6 Å². The van der Waals surface area contributed by atoms with Gasteiger partial charge in [-0.1, -0.05) is 0 Å². The summed E-state index contributed by atoms with van der Waals surface area (Å²) in [4.78, 5) is 25.0. The highest BCUT2D eigenvalue weighted by Crippen LogP contribution is 2.33. The minimum absolute atomic E-state index is 0.188. The summed E-state index contributed by atoms with van der Waals surface area (Å²) in [7, 11) is 3.15. The van der Waals surface area contributed by atoms with Gasteiger partial charge in [-0.05, 0) is 24.6 Å². The number of ketones is 2. The summed E-state index contributed by atoms with van der Waals surface area (Å²) in [5.74, 6) is 0.0315. The highest BCUT2D eigenvalue weighted by Gasteiger charge is 2.35. The van der Waals surface area contributed by atoms with E-state index in [9.17, 15) is 9.59 Å². The molecule has 0 N–H and O–H groups in total. The lowest BCUT2D eigenvalue weighted by Gasteiger charge is -2.18. The lowest BCUT2D eigenvalue weighted by molar-refractivity contribution is 0.0971. The monoisotopic (exact) mass is 256 g/mol. The number of ether oxygens (including phenoxy) is 1. The fraction of sp³-hybridized carbons (Fsp3) is 0.214. The Balaban J connectivity index is 2.37. The van der Waals surface area contributed by atoms with E-state index < -0.39 is 0 Å². The van der Waals surface area contributed by atoms with Crippen LogP contribution < -0.4 is 4.74 Å². The zero-order chi connectivity index (χ0) is 13.7. The van der Waals surface area contributed by atoms with E-state index in [2.05, 4.69) is 5.10 Å². The Bertz CT molecular complexity index is 729. The molecule has 96 valence electrons. The van der Waals surface area contributed by atoms with Gasteiger partial charge in [0.15, 0.2) is 0 Å². The molecule has 5 heteroatoms. The summed E-state index contributed by atoms with van der Waals surface area (Å²) in [5, 5.41) is 3.99. The van der Waals surface area contributed by atoms with Gasteiger partial charge in [-0.2, -0.15) is 5.10 Å². The number of benzene rings is 1. The standard InChI is InChI=1S/C14H12N2O3/c1-7-4-8-11(10(5-7)19-3)13(17)9-6-15-16(2)12(9)14(8)18/h4-6H,1-3H3. The zero-order valence-electron chi connectivity index (χ0n) is 10.9. The maximum atomic E-state index is 12.5. The lowest BCUT2D eigenvalue weighted by atomic mass is 9.86. The largest absolute Gasteiger partial charge is 0.496 e. The third kappa shape index (κ3) is 1.44. The van der Waals surface area contributed by atoms with Crippen molar-refractivity contribution in [2.24, 2.45) is 7.05 Å². The van der Waals surface area contributed by atoms with Crippen molar-refractivity contribution in [3.63, 3.8) is 0 Å².